The monoisotopic (exact) mass is 309 g/mol. The molecule has 3 heterocycles. The molecule has 4 aliphatic rings. The third-order valence-electron chi connectivity index (χ3n) is 5.24. The number of hydrogen-bond acceptors (Lipinski definition) is 5. The standard InChI is InChI=1S/C17H15N3O3/c1-23-7-5-10-11-13-12(16(21)20-17(13)22)8-3-2-4-9(8)14(11)19-15(10)18-6-7/h6,10H,2-5H2,1H3,(H,18,19)(H,20,21,22). The van der Waals surface area contributed by atoms with Crippen molar-refractivity contribution in [1.82, 2.24) is 5.32 Å². The molecule has 0 bridgehead atoms. The number of imide groups is 1. The fourth-order valence-corrected chi connectivity index (χ4v) is 4.28. The van der Waals surface area contributed by atoms with Gasteiger partial charge in [0.25, 0.3) is 11.8 Å². The van der Waals surface area contributed by atoms with Gasteiger partial charge in [0, 0.05) is 17.7 Å². The Bertz CT molecular complexity index is 867. The van der Waals surface area contributed by atoms with E-state index >= 15 is 0 Å². The van der Waals surface area contributed by atoms with Gasteiger partial charge in [-0.3, -0.25) is 14.9 Å². The number of amidine groups is 1. The first-order valence-electron chi connectivity index (χ1n) is 7.84. The maximum atomic E-state index is 12.4. The van der Waals surface area contributed by atoms with E-state index in [0.29, 0.717) is 17.5 Å². The summed E-state index contributed by atoms with van der Waals surface area (Å²) in [4.78, 5) is 29.2. The van der Waals surface area contributed by atoms with E-state index in [1.54, 1.807) is 13.3 Å². The van der Waals surface area contributed by atoms with E-state index in [1.807, 2.05) is 0 Å². The summed E-state index contributed by atoms with van der Waals surface area (Å²) >= 11 is 0. The van der Waals surface area contributed by atoms with Crippen molar-refractivity contribution in [3.05, 3.63) is 39.8 Å². The molecule has 0 fully saturated rings. The fraction of sp³-hybridized carbons (Fsp3) is 0.353. The molecule has 1 atom stereocenters. The number of methoxy groups -OCH3 is 1. The zero-order valence-electron chi connectivity index (χ0n) is 12.7. The highest BCUT2D eigenvalue weighted by atomic mass is 16.5. The van der Waals surface area contributed by atoms with Crippen LogP contribution < -0.4 is 10.6 Å². The molecule has 2 N–H and O–H groups in total. The zero-order chi connectivity index (χ0) is 15.7. The lowest BCUT2D eigenvalue weighted by molar-refractivity contribution is 0.0879. The molecule has 23 heavy (non-hydrogen) atoms. The Morgan fingerprint density at radius 3 is 2.74 bits per heavy atom. The van der Waals surface area contributed by atoms with Crippen LogP contribution in [0.4, 0.5) is 5.69 Å². The van der Waals surface area contributed by atoms with Crippen molar-refractivity contribution in [1.29, 1.82) is 0 Å². The number of carbonyl (C=O) groups is 2. The summed E-state index contributed by atoms with van der Waals surface area (Å²) in [5.74, 6) is 1.05. The van der Waals surface area contributed by atoms with Crippen LogP contribution in [0.1, 0.15) is 56.2 Å². The summed E-state index contributed by atoms with van der Waals surface area (Å²) in [7, 11) is 1.62. The first-order valence-corrected chi connectivity index (χ1v) is 7.84. The molecule has 0 aromatic heterocycles. The van der Waals surface area contributed by atoms with Gasteiger partial charge in [-0.1, -0.05) is 0 Å². The van der Waals surface area contributed by atoms with Gasteiger partial charge in [0.1, 0.15) is 11.6 Å². The van der Waals surface area contributed by atoms with Crippen molar-refractivity contribution in [3.63, 3.8) is 0 Å². The SMILES string of the molecule is COC1=CN=C2Nc3c4c(c5c(c3C2C1)C(=O)NC5=O)CCC4. The summed E-state index contributed by atoms with van der Waals surface area (Å²) in [5, 5.41) is 5.88. The van der Waals surface area contributed by atoms with Gasteiger partial charge in [-0.05, 0) is 30.4 Å². The van der Waals surface area contributed by atoms with E-state index in [0.717, 1.165) is 47.7 Å². The van der Waals surface area contributed by atoms with E-state index in [9.17, 15) is 9.59 Å². The highest BCUT2D eigenvalue weighted by molar-refractivity contribution is 6.26. The maximum Gasteiger partial charge on any atom is 0.259 e. The third-order valence-corrected chi connectivity index (χ3v) is 5.24. The average Bonchev–Trinajstić information content (AvgIpc) is 3.22. The first kappa shape index (κ1) is 12.9. The van der Waals surface area contributed by atoms with Gasteiger partial charge < -0.3 is 10.1 Å². The van der Waals surface area contributed by atoms with Crippen LogP contribution in [0.15, 0.2) is 17.0 Å². The number of nitrogens with one attached hydrogen (secondary N) is 2. The van der Waals surface area contributed by atoms with E-state index in [-0.39, 0.29) is 17.7 Å². The van der Waals surface area contributed by atoms with Crippen LogP contribution in [0, 0.1) is 0 Å². The summed E-state index contributed by atoms with van der Waals surface area (Å²) in [6.45, 7) is 0. The normalized spacial score (nSPS) is 23.3. The van der Waals surface area contributed by atoms with Crippen LogP contribution >= 0.6 is 0 Å². The minimum absolute atomic E-state index is 0.0405. The second-order valence-corrected chi connectivity index (χ2v) is 6.33. The van der Waals surface area contributed by atoms with Crippen molar-refractivity contribution in [2.24, 2.45) is 4.99 Å². The van der Waals surface area contributed by atoms with Gasteiger partial charge in [0.05, 0.1) is 30.4 Å². The minimum atomic E-state index is -0.285. The van der Waals surface area contributed by atoms with E-state index < -0.39 is 0 Å². The molecule has 1 aromatic rings. The number of aliphatic imine (C=N–C) groups is 1. The maximum absolute atomic E-state index is 12.4. The molecule has 116 valence electrons. The molecule has 1 aromatic carbocycles. The minimum Gasteiger partial charge on any atom is -0.499 e. The Kier molecular flexibility index (Phi) is 2.36. The topological polar surface area (TPSA) is 79.8 Å². The lowest BCUT2D eigenvalue weighted by Gasteiger charge is -2.18. The van der Waals surface area contributed by atoms with Crippen molar-refractivity contribution in [2.75, 3.05) is 12.4 Å². The smallest absolute Gasteiger partial charge is 0.259 e. The number of fused-ring (bicyclic) bond motifs is 8. The van der Waals surface area contributed by atoms with Gasteiger partial charge in [-0.2, -0.15) is 0 Å². The number of anilines is 1. The number of hydrogen-bond donors (Lipinski definition) is 2. The largest absolute Gasteiger partial charge is 0.499 e. The van der Waals surface area contributed by atoms with Gasteiger partial charge in [0.15, 0.2) is 0 Å². The lowest BCUT2D eigenvalue weighted by atomic mass is 9.85. The van der Waals surface area contributed by atoms with Crippen molar-refractivity contribution in [3.8, 4) is 0 Å². The van der Waals surface area contributed by atoms with Crippen LogP contribution in [0.3, 0.4) is 0 Å². The summed E-state index contributed by atoms with van der Waals surface area (Å²) in [6, 6.07) is 0. The molecule has 0 radical (unpaired) electrons. The summed E-state index contributed by atoms with van der Waals surface area (Å²) in [6.07, 6.45) is 5.18. The molecule has 2 amide bonds. The predicted octanol–water partition coefficient (Wildman–Crippen LogP) is 1.86. The van der Waals surface area contributed by atoms with Gasteiger partial charge in [-0.15, -0.1) is 0 Å². The number of ether oxygens (including phenoxy) is 1. The molecule has 6 heteroatoms. The fourth-order valence-electron chi connectivity index (χ4n) is 4.28. The Morgan fingerprint density at radius 1 is 1.13 bits per heavy atom. The molecule has 6 nitrogen and oxygen atoms in total. The molecule has 5 rings (SSSR count). The van der Waals surface area contributed by atoms with Crippen LogP contribution in [-0.4, -0.2) is 24.8 Å². The average molecular weight is 309 g/mol. The highest BCUT2D eigenvalue weighted by Gasteiger charge is 2.44. The number of rotatable bonds is 1. The number of nitrogens with zero attached hydrogens (tertiary/aromatic N) is 1. The summed E-state index contributed by atoms with van der Waals surface area (Å²) in [5.41, 5.74) is 5.28. The second-order valence-electron chi connectivity index (χ2n) is 6.33. The van der Waals surface area contributed by atoms with Crippen LogP contribution in [0.25, 0.3) is 0 Å². The van der Waals surface area contributed by atoms with E-state index in [4.69, 9.17) is 4.74 Å². The Hall–Kier alpha value is -2.63. The number of carbonyl (C=O) groups excluding carboxylic acids is 2. The third kappa shape index (κ3) is 1.50. The first-order chi connectivity index (χ1) is 11.2. The molecular formula is C17H15N3O3. The van der Waals surface area contributed by atoms with Crippen LogP contribution in [0.2, 0.25) is 0 Å². The van der Waals surface area contributed by atoms with Crippen molar-refractivity contribution < 1.29 is 14.3 Å². The Labute approximate surface area is 132 Å². The molecule has 1 unspecified atom stereocenters. The molecule has 1 aliphatic carbocycles. The molecule has 0 saturated carbocycles. The molecule has 3 aliphatic heterocycles. The van der Waals surface area contributed by atoms with Crippen molar-refractivity contribution >= 4 is 23.3 Å². The quantitative estimate of drug-likeness (QED) is 0.776. The van der Waals surface area contributed by atoms with Crippen LogP contribution in [-0.2, 0) is 17.6 Å². The Balaban J connectivity index is 1.80. The van der Waals surface area contributed by atoms with Gasteiger partial charge >= 0.3 is 0 Å². The van der Waals surface area contributed by atoms with E-state index in [1.165, 1.54) is 5.56 Å². The second kappa shape index (κ2) is 4.22. The van der Waals surface area contributed by atoms with E-state index in [2.05, 4.69) is 15.6 Å². The van der Waals surface area contributed by atoms with Gasteiger partial charge in [-0.25, -0.2) is 4.99 Å². The lowest BCUT2D eigenvalue weighted by Crippen LogP contribution is -2.21. The van der Waals surface area contributed by atoms with Crippen LogP contribution in [0.5, 0.6) is 0 Å². The van der Waals surface area contributed by atoms with Gasteiger partial charge in [0.2, 0.25) is 0 Å². The number of amides is 2. The number of benzene rings is 1. The Morgan fingerprint density at radius 2 is 1.91 bits per heavy atom. The molecule has 0 saturated heterocycles. The predicted molar refractivity (Wildman–Crippen MR) is 83.8 cm³/mol. The molecule has 0 spiro atoms. The van der Waals surface area contributed by atoms with Crippen molar-refractivity contribution in [2.45, 2.75) is 31.6 Å². The zero-order valence-corrected chi connectivity index (χ0v) is 12.7. The summed E-state index contributed by atoms with van der Waals surface area (Å²) < 4.78 is 5.33. The number of allylic oxidation sites excluding steroid dienone is 1. The highest BCUT2D eigenvalue weighted by Crippen LogP contribution is 2.48. The molecular weight excluding hydrogens is 294 g/mol.